The molecule has 28 heteroatoms. The summed E-state index contributed by atoms with van der Waals surface area (Å²) in [4.78, 5) is 107. The molecule has 11 atom stereocenters. The van der Waals surface area contributed by atoms with Crippen LogP contribution in [0.5, 0.6) is 0 Å². The highest BCUT2D eigenvalue weighted by molar-refractivity contribution is 5.96. The number of likely N-dealkylation sites (N-methyl/N-ethyl adjacent to an activating group) is 1. The molecule has 4 heterocycles. The Morgan fingerprint density at radius 1 is 0.531 bits per heavy atom. The number of benzene rings is 6. The van der Waals surface area contributed by atoms with Gasteiger partial charge in [0.15, 0.2) is 24.7 Å². The number of amides is 2. The van der Waals surface area contributed by atoms with Gasteiger partial charge in [-0.2, -0.15) is 0 Å². The Bertz CT molecular complexity index is 4410. The molecule has 11 rings (SSSR count). The molecule has 113 heavy (non-hydrogen) atoms. The molecular formula is C85H116N2O26. The van der Waals surface area contributed by atoms with Crippen LogP contribution in [0.3, 0.4) is 0 Å². The van der Waals surface area contributed by atoms with Crippen molar-refractivity contribution in [3.8, 4) is 11.1 Å². The van der Waals surface area contributed by atoms with E-state index in [1.807, 2.05) is 90.9 Å². The Labute approximate surface area is 660 Å². The Hall–Kier alpha value is -10.0. The summed E-state index contributed by atoms with van der Waals surface area (Å²) < 4.78 is 68.5. The van der Waals surface area contributed by atoms with Crippen molar-refractivity contribution in [1.82, 2.24) is 10.6 Å². The van der Waals surface area contributed by atoms with Crippen molar-refractivity contribution in [2.24, 2.45) is 5.92 Å². The number of esters is 5. The Kier molecular flexibility index (Phi) is 39.5. The number of hydrogen-bond donors (Lipinski definition) is 6. The van der Waals surface area contributed by atoms with Crippen LogP contribution >= 0.6 is 0 Å². The maximum Gasteiger partial charge on any atom is 0.407 e. The van der Waals surface area contributed by atoms with Gasteiger partial charge >= 0.3 is 35.9 Å². The molecule has 1 aliphatic carbocycles. The van der Waals surface area contributed by atoms with Gasteiger partial charge in [0.05, 0.1) is 67.4 Å². The Morgan fingerprint density at radius 3 is 1.44 bits per heavy atom. The van der Waals surface area contributed by atoms with Gasteiger partial charge in [0.25, 0.3) is 0 Å². The topological polar surface area (TPSA) is 386 Å². The molecule has 622 valence electrons. The summed E-state index contributed by atoms with van der Waals surface area (Å²) in [5.74, 6) is -2.98. The number of aliphatic hydroxyl groups is 4. The molecule has 10 unspecified atom stereocenters. The van der Waals surface area contributed by atoms with E-state index in [4.69, 9.17) is 66.0 Å². The molecular weight excluding hydrogens is 1460 g/mol. The van der Waals surface area contributed by atoms with Gasteiger partial charge in [-0.25, -0.2) is 9.59 Å². The second-order valence-corrected chi connectivity index (χ2v) is 26.8. The van der Waals surface area contributed by atoms with Gasteiger partial charge in [-0.1, -0.05) is 129 Å². The number of carbonyl (C=O) groups excluding carboxylic acids is 7. The lowest BCUT2D eigenvalue weighted by molar-refractivity contribution is -0.294. The molecule has 28 nitrogen and oxygen atoms in total. The third-order valence-corrected chi connectivity index (χ3v) is 18.3. The summed E-state index contributed by atoms with van der Waals surface area (Å²) in [6, 6.07) is 33.3. The van der Waals surface area contributed by atoms with Crippen LogP contribution in [0.2, 0.25) is 0 Å². The number of aryl methyl sites for hydroxylation is 4. The highest BCUT2D eigenvalue weighted by Gasteiger charge is 2.49. The summed E-state index contributed by atoms with van der Waals surface area (Å²) in [7, 11) is 6.88. The third kappa shape index (κ3) is 25.0. The van der Waals surface area contributed by atoms with Crippen molar-refractivity contribution in [1.29, 1.82) is 0 Å². The Morgan fingerprint density at radius 2 is 1.00 bits per heavy atom. The molecule has 8 aromatic rings. The standard InChI is InChI=1S/C23H27NO5.C18H17NO3.C18H16O4.C14H22O8.C7H14O6.5CH4/c1-23(2,3)29-14-20(21(25)27-4)24-22(26)28-13-19-17-11-7-5-9-15(17)16-10-6-8-12-18(16)19;1-10-7-8-14-16(21)13-6-4-5-12(9-15(20)19-3)18(13)22-17(14)11(10)2;1-10-7-8-14-16(20)13-6-4-5-12(9-15(19)21-3)18(13)22-17(14)11(10)2;1-7-11(6-19-8(2)15)22-14(18-5)13(21-10(4)17)12(7)20-9(3)16;1-12-7-6(11)5(10)4(9)3(2-8)13-7;;;;;/h5-12,19-20H,13-14H2,1-4H3,(H,24,26);4-8H,9H2,1-3H3,(H,19,20);4-8H,9H2,1-3H3;7,11-14H,6H2,1-5H3;3-11H,2H2,1H3;5*1H4/t20-;;;;;;;;;/m0........./s1. The fourth-order valence-corrected chi connectivity index (χ4v) is 12.2. The van der Waals surface area contributed by atoms with Gasteiger partial charge in [-0.3, -0.25) is 33.6 Å². The van der Waals surface area contributed by atoms with Gasteiger partial charge in [-0.15, -0.1) is 0 Å². The van der Waals surface area contributed by atoms with Gasteiger partial charge in [-0.05, 0) is 117 Å². The first-order chi connectivity index (χ1) is 51.2. The first kappa shape index (κ1) is 99.1. The molecule has 6 N–H and O–H groups in total. The SMILES string of the molecule is C.C.C.C.C.CNC(=O)Cc1cccc2c(=O)c3ccc(C)c(C)c3oc12.COC(=O)Cc1cccc2c(=O)c3ccc(C)c(C)c3oc12.COC(=O)[C@H](COC(C)(C)C)NC(=O)OCC1c2ccccc2-c2ccccc21.COC1OC(CO)C(O)C(O)C1O.COC1OC(COC(C)=O)C(C)C(OC(C)=O)C1OC(C)=O. The zero-order valence-corrected chi connectivity index (χ0v) is 63.3. The smallest absolute Gasteiger partial charge is 0.407 e. The van der Waals surface area contributed by atoms with E-state index in [2.05, 4.69) is 34.9 Å². The van der Waals surface area contributed by atoms with Gasteiger partial charge < -0.3 is 92.0 Å². The van der Waals surface area contributed by atoms with Crippen molar-refractivity contribution in [2.75, 3.05) is 61.9 Å². The van der Waals surface area contributed by atoms with Crippen LogP contribution in [0, 0.1) is 33.6 Å². The van der Waals surface area contributed by atoms with Gasteiger partial charge in [0.2, 0.25) is 16.8 Å². The monoisotopic (exact) mass is 1580 g/mol. The van der Waals surface area contributed by atoms with Crippen LogP contribution in [0.4, 0.5) is 4.79 Å². The minimum absolute atomic E-state index is 0. The molecule has 2 aliphatic heterocycles. The van der Waals surface area contributed by atoms with E-state index in [-0.39, 0.29) is 104 Å². The molecule has 2 amide bonds. The van der Waals surface area contributed by atoms with Crippen LogP contribution in [-0.4, -0.2) is 191 Å². The number of ether oxygens (including phenoxy) is 11. The third-order valence-electron chi connectivity index (χ3n) is 18.3. The van der Waals surface area contributed by atoms with Crippen molar-refractivity contribution >= 4 is 85.7 Å². The summed E-state index contributed by atoms with van der Waals surface area (Å²) in [6.07, 6.45) is -9.46. The lowest BCUT2D eigenvalue weighted by Gasteiger charge is -2.43. The molecule has 0 radical (unpaired) electrons. The number of aliphatic hydroxyl groups excluding tert-OH is 4. The number of methoxy groups -OCH3 is 4. The van der Waals surface area contributed by atoms with E-state index in [0.717, 1.165) is 50.1 Å². The first-order valence-corrected chi connectivity index (χ1v) is 34.7. The van der Waals surface area contributed by atoms with E-state index in [0.29, 0.717) is 49.4 Å². The molecule has 0 bridgehead atoms. The molecule has 0 spiro atoms. The predicted octanol–water partition coefficient (Wildman–Crippen LogP) is 11.0. The first-order valence-electron chi connectivity index (χ1n) is 34.7. The number of para-hydroxylation sites is 2. The maximum atomic E-state index is 12.7. The normalized spacial score (nSPS) is 19.3. The maximum absolute atomic E-state index is 12.7. The highest BCUT2D eigenvalue weighted by Crippen LogP contribution is 2.45. The van der Waals surface area contributed by atoms with Crippen LogP contribution < -0.4 is 21.5 Å². The van der Waals surface area contributed by atoms with Crippen molar-refractivity contribution in [2.45, 2.75) is 199 Å². The number of nitrogens with one attached hydrogen (secondary N) is 2. The largest absolute Gasteiger partial charge is 0.469 e. The molecule has 6 aromatic carbocycles. The molecule has 2 aromatic heterocycles. The predicted molar refractivity (Wildman–Crippen MR) is 429 cm³/mol. The number of fused-ring (bicyclic) bond motifs is 7. The van der Waals surface area contributed by atoms with Crippen LogP contribution in [0.1, 0.15) is 136 Å². The summed E-state index contributed by atoms with van der Waals surface area (Å²) >= 11 is 0. The zero-order chi connectivity index (χ0) is 79.6. The highest BCUT2D eigenvalue weighted by atomic mass is 16.7. The molecule has 0 saturated carbocycles. The lowest BCUT2D eigenvalue weighted by atomic mass is 9.90. The van der Waals surface area contributed by atoms with Crippen LogP contribution in [0.15, 0.2) is 128 Å². The fraction of sp³-hybridized carbons (Fsp3) is 0.471. The number of rotatable bonds is 17. The second kappa shape index (κ2) is 45.0. The zero-order valence-electron chi connectivity index (χ0n) is 63.3. The fourth-order valence-electron chi connectivity index (χ4n) is 12.2. The van der Waals surface area contributed by atoms with E-state index in [1.165, 1.54) is 49.2 Å². The van der Waals surface area contributed by atoms with Crippen molar-refractivity contribution in [3.05, 3.63) is 174 Å². The lowest BCUT2D eigenvalue weighted by Crippen LogP contribution is -2.58. The van der Waals surface area contributed by atoms with E-state index in [1.54, 1.807) is 56.4 Å². The van der Waals surface area contributed by atoms with Crippen LogP contribution in [-0.2, 0) is 93.7 Å². The second-order valence-electron chi connectivity index (χ2n) is 26.8. The average Bonchev–Trinajstić information content (AvgIpc) is 1.28. The summed E-state index contributed by atoms with van der Waals surface area (Å²) in [5.41, 5.74) is 11.5. The number of alkyl carbamates (subject to hydrolysis) is 1. The molecule has 3 aliphatic rings. The molecule has 2 fully saturated rings. The van der Waals surface area contributed by atoms with Gasteiger partial charge in [0.1, 0.15) is 72.2 Å². The Balaban J connectivity index is 0.000000482. The van der Waals surface area contributed by atoms with Gasteiger partial charge in [0, 0.05) is 65.0 Å². The minimum Gasteiger partial charge on any atom is -0.469 e. The van der Waals surface area contributed by atoms with E-state index >= 15 is 0 Å². The quantitative estimate of drug-likeness (QED) is 0.0280. The number of carbonyl (C=O) groups is 7. The van der Waals surface area contributed by atoms with E-state index in [9.17, 15) is 58.5 Å². The average molecular weight is 1580 g/mol. The molecule has 2 saturated heterocycles. The summed E-state index contributed by atoms with van der Waals surface area (Å²) in [5, 5.41) is 43.8. The van der Waals surface area contributed by atoms with Crippen molar-refractivity contribution < 1.29 is 115 Å². The van der Waals surface area contributed by atoms with Crippen LogP contribution in [0.25, 0.3) is 55.0 Å². The van der Waals surface area contributed by atoms with E-state index < -0.39 is 104 Å². The number of hydrogen-bond acceptors (Lipinski definition) is 26. The van der Waals surface area contributed by atoms with Crippen molar-refractivity contribution in [3.63, 3.8) is 0 Å². The summed E-state index contributed by atoms with van der Waals surface area (Å²) in [6.45, 7) is 18.7. The minimum atomic E-state index is -1.36.